The van der Waals surface area contributed by atoms with Gasteiger partial charge in [0.05, 0.1) is 6.61 Å². The third-order valence-corrected chi connectivity index (χ3v) is 5.98. The van der Waals surface area contributed by atoms with E-state index in [-0.39, 0.29) is 5.92 Å². The van der Waals surface area contributed by atoms with Crippen molar-refractivity contribution >= 4 is 11.9 Å². The highest BCUT2D eigenvalue weighted by Gasteiger charge is 2.42. The first-order valence-electron chi connectivity index (χ1n) is 9.57. The van der Waals surface area contributed by atoms with Crippen LogP contribution in [-0.2, 0) is 9.53 Å². The smallest absolute Gasteiger partial charge is 0.225 e. The van der Waals surface area contributed by atoms with Gasteiger partial charge in [-0.05, 0) is 43.6 Å². The molecule has 0 N–H and O–H groups in total. The predicted octanol–water partition coefficient (Wildman–Crippen LogP) is 1.82. The van der Waals surface area contributed by atoms with Gasteiger partial charge in [-0.2, -0.15) is 0 Å². The fourth-order valence-corrected chi connectivity index (χ4v) is 4.36. The van der Waals surface area contributed by atoms with Crippen molar-refractivity contribution in [2.24, 2.45) is 23.7 Å². The van der Waals surface area contributed by atoms with Crippen LogP contribution in [-0.4, -0.2) is 60.7 Å². The molecule has 2 saturated heterocycles. The summed E-state index contributed by atoms with van der Waals surface area (Å²) in [4.78, 5) is 25.6. The number of amides is 1. The summed E-state index contributed by atoms with van der Waals surface area (Å²) in [6.07, 6.45) is 8.11. The number of anilines is 1. The first-order chi connectivity index (χ1) is 12.2. The van der Waals surface area contributed by atoms with Gasteiger partial charge in [0.2, 0.25) is 11.9 Å². The SMILES string of the molecule is CN1C[C@@H](COCC2CC2)[C@H]2CCN(c3ncccn3)CC[C@H]2C1=O. The average Bonchev–Trinajstić information content (AvgIpc) is 3.46. The maximum atomic E-state index is 12.7. The lowest BCUT2D eigenvalue weighted by molar-refractivity contribution is -0.144. The van der Waals surface area contributed by atoms with Gasteiger partial charge in [0.1, 0.15) is 0 Å². The van der Waals surface area contributed by atoms with Crippen LogP contribution in [0.2, 0.25) is 0 Å². The van der Waals surface area contributed by atoms with Crippen molar-refractivity contribution in [3.8, 4) is 0 Å². The minimum absolute atomic E-state index is 0.113. The summed E-state index contributed by atoms with van der Waals surface area (Å²) < 4.78 is 6.01. The Labute approximate surface area is 149 Å². The van der Waals surface area contributed by atoms with Crippen LogP contribution < -0.4 is 4.90 Å². The fourth-order valence-electron chi connectivity index (χ4n) is 4.36. The Hall–Kier alpha value is -1.69. The van der Waals surface area contributed by atoms with E-state index < -0.39 is 0 Å². The van der Waals surface area contributed by atoms with E-state index in [4.69, 9.17) is 4.74 Å². The molecule has 1 saturated carbocycles. The van der Waals surface area contributed by atoms with Gasteiger partial charge in [-0.25, -0.2) is 9.97 Å². The molecule has 3 fully saturated rings. The Bertz CT molecular complexity index is 592. The van der Waals surface area contributed by atoms with Gasteiger partial charge < -0.3 is 14.5 Å². The van der Waals surface area contributed by atoms with Crippen molar-refractivity contribution in [1.82, 2.24) is 14.9 Å². The second-order valence-electron chi connectivity index (χ2n) is 7.84. The normalized spacial score (nSPS) is 30.1. The molecule has 6 heteroatoms. The van der Waals surface area contributed by atoms with Gasteiger partial charge >= 0.3 is 0 Å². The molecular weight excluding hydrogens is 316 g/mol. The highest BCUT2D eigenvalue weighted by atomic mass is 16.5. The van der Waals surface area contributed by atoms with Gasteiger partial charge in [0.15, 0.2) is 0 Å². The lowest BCUT2D eigenvalue weighted by atomic mass is 9.75. The summed E-state index contributed by atoms with van der Waals surface area (Å²) in [5, 5.41) is 0. The number of rotatable bonds is 5. The molecule has 3 atom stereocenters. The molecule has 6 nitrogen and oxygen atoms in total. The topological polar surface area (TPSA) is 58.6 Å². The zero-order valence-corrected chi connectivity index (χ0v) is 15.0. The maximum Gasteiger partial charge on any atom is 0.225 e. The molecule has 0 radical (unpaired) electrons. The number of hydrogen-bond donors (Lipinski definition) is 0. The monoisotopic (exact) mass is 344 g/mol. The number of aromatic nitrogens is 2. The third-order valence-electron chi connectivity index (χ3n) is 5.98. The average molecular weight is 344 g/mol. The van der Waals surface area contributed by atoms with Crippen LogP contribution in [0.3, 0.4) is 0 Å². The van der Waals surface area contributed by atoms with Crippen LogP contribution in [0, 0.1) is 23.7 Å². The Morgan fingerprint density at radius 2 is 1.88 bits per heavy atom. The Balaban J connectivity index is 1.44. The highest BCUT2D eigenvalue weighted by molar-refractivity contribution is 5.80. The number of piperidine rings is 1. The Morgan fingerprint density at radius 1 is 1.12 bits per heavy atom. The van der Waals surface area contributed by atoms with E-state index in [0.29, 0.717) is 17.7 Å². The van der Waals surface area contributed by atoms with Crippen LogP contribution in [0.4, 0.5) is 5.95 Å². The predicted molar refractivity (Wildman–Crippen MR) is 95.1 cm³/mol. The van der Waals surface area contributed by atoms with E-state index in [2.05, 4.69) is 14.9 Å². The lowest BCUT2D eigenvalue weighted by Gasteiger charge is -2.41. The van der Waals surface area contributed by atoms with Gasteiger partial charge in [-0.1, -0.05) is 0 Å². The quantitative estimate of drug-likeness (QED) is 0.815. The second-order valence-corrected chi connectivity index (χ2v) is 7.84. The summed E-state index contributed by atoms with van der Waals surface area (Å²) >= 11 is 0. The maximum absolute atomic E-state index is 12.7. The number of carbonyl (C=O) groups excluding carboxylic acids is 1. The molecule has 1 amide bonds. The minimum Gasteiger partial charge on any atom is -0.381 e. The summed E-state index contributed by atoms with van der Waals surface area (Å²) in [5.74, 6) is 2.85. The van der Waals surface area contributed by atoms with Crippen LogP contribution in [0.5, 0.6) is 0 Å². The summed E-state index contributed by atoms with van der Waals surface area (Å²) in [7, 11) is 1.94. The molecule has 3 heterocycles. The molecule has 25 heavy (non-hydrogen) atoms. The molecular formula is C19H28N4O2. The van der Waals surface area contributed by atoms with E-state index in [0.717, 1.165) is 57.6 Å². The molecule has 136 valence electrons. The summed E-state index contributed by atoms with van der Waals surface area (Å²) in [5.41, 5.74) is 0. The van der Waals surface area contributed by atoms with E-state index in [1.54, 1.807) is 12.4 Å². The van der Waals surface area contributed by atoms with E-state index >= 15 is 0 Å². The van der Waals surface area contributed by atoms with Crippen LogP contribution in [0.1, 0.15) is 25.7 Å². The van der Waals surface area contributed by atoms with Crippen molar-refractivity contribution in [2.45, 2.75) is 25.7 Å². The minimum atomic E-state index is 0.113. The molecule has 2 aliphatic heterocycles. The van der Waals surface area contributed by atoms with Crippen molar-refractivity contribution in [3.63, 3.8) is 0 Å². The fraction of sp³-hybridized carbons (Fsp3) is 0.737. The molecule has 3 aliphatic rings. The highest BCUT2D eigenvalue weighted by Crippen LogP contribution is 2.37. The number of likely N-dealkylation sites (tertiary alicyclic amines) is 1. The van der Waals surface area contributed by atoms with Crippen molar-refractivity contribution < 1.29 is 9.53 Å². The molecule has 1 aliphatic carbocycles. The number of carbonyl (C=O) groups is 1. The molecule has 1 aromatic heterocycles. The summed E-state index contributed by atoms with van der Waals surface area (Å²) in [6, 6.07) is 1.84. The van der Waals surface area contributed by atoms with Crippen molar-refractivity contribution in [1.29, 1.82) is 0 Å². The van der Waals surface area contributed by atoms with Gasteiger partial charge in [0.25, 0.3) is 0 Å². The Morgan fingerprint density at radius 3 is 2.64 bits per heavy atom. The second kappa shape index (κ2) is 7.28. The molecule has 1 aromatic rings. The van der Waals surface area contributed by atoms with E-state index in [9.17, 15) is 4.79 Å². The third kappa shape index (κ3) is 3.78. The van der Waals surface area contributed by atoms with Gasteiger partial charge in [-0.15, -0.1) is 0 Å². The number of ether oxygens (including phenoxy) is 1. The molecule has 4 rings (SSSR count). The molecule has 0 bridgehead atoms. The van der Waals surface area contributed by atoms with Crippen LogP contribution in [0.15, 0.2) is 18.5 Å². The van der Waals surface area contributed by atoms with E-state index in [1.807, 2.05) is 18.0 Å². The van der Waals surface area contributed by atoms with Crippen LogP contribution in [0.25, 0.3) is 0 Å². The number of fused-ring (bicyclic) bond motifs is 1. The Kier molecular flexibility index (Phi) is 4.88. The van der Waals surface area contributed by atoms with Crippen molar-refractivity contribution in [3.05, 3.63) is 18.5 Å². The standard InChI is InChI=1S/C19H28N4O2/c1-22-11-15(13-25-12-14-3-4-14)16-5-9-23(10-6-17(16)18(22)24)19-20-7-2-8-21-19/h2,7-8,14-17H,3-6,9-13H2,1H3/t15-,16+,17+/m0/s1. The van der Waals surface area contributed by atoms with Gasteiger partial charge in [0, 0.05) is 57.5 Å². The van der Waals surface area contributed by atoms with Gasteiger partial charge in [-0.3, -0.25) is 4.79 Å². The number of hydrogen-bond acceptors (Lipinski definition) is 5. The zero-order valence-electron chi connectivity index (χ0n) is 15.0. The van der Waals surface area contributed by atoms with Crippen molar-refractivity contribution in [2.75, 3.05) is 44.8 Å². The summed E-state index contributed by atoms with van der Waals surface area (Å²) in [6.45, 7) is 4.28. The first-order valence-corrected chi connectivity index (χ1v) is 9.57. The lowest BCUT2D eigenvalue weighted by Crippen LogP contribution is -2.50. The van der Waals surface area contributed by atoms with E-state index in [1.165, 1.54) is 12.8 Å². The first kappa shape index (κ1) is 16.8. The van der Waals surface area contributed by atoms with Crippen LogP contribution >= 0.6 is 0 Å². The number of nitrogens with zero attached hydrogens (tertiary/aromatic N) is 4. The molecule has 0 unspecified atom stereocenters. The zero-order chi connectivity index (χ0) is 17.2. The largest absolute Gasteiger partial charge is 0.381 e. The molecule has 0 aromatic carbocycles. The molecule has 0 spiro atoms.